The molecule has 1 aliphatic rings. The molecule has 0 radical (unpaired) electrons. The SMILES string of the molecule is CC(=O)N1CCC(CCO)CC1. The highest BCUT2D eigenvalue weighted by molar-refractivity contribution is 5.73. The first-order chi connectivity index (χ1) is 5.74. The van der Waals surface area contributed by atoms with Crippen LogP contribution in [0.25, 0.3) is 0 Å². The highest BCUT2D eigenvalue weighted by Crippen LogP contribution is 2.19. The third-order valence-electron chi connectivity index (χ3n) is 2.60. The maximum atomic E-state index is 10.9. The molecule has 1 saturated heterocycles. The van der Waals surface area contributed by atoms with Crippen molar-refractivity contribution in [3.05, 3.63) is 0 Å². The average molecular weight is 171 g/mol. The van der Waals surface area contributed by atoms with Crippen LogP contribution in [0.15, 0.2) is 0 Å². The first kappa shape index (κ1) is 9.52. The zero-order valence-corrected chi connectivity index (χ0v) is 7.62. The summed E-state index contributed by atoms with van der Waals surface area (Å²) in [6.45, 7) is 3.65. The van der Waals surface area contributed by atoms with Gasteiger partial charge in [0.2, 0.25) is 5.91 Å². The molecule has 1 amide bonds. The van der Waals surface area contributed by atoms with Crippen LogP contribution in [0, 0.1) is 5.92 Å². The molecule has 0 unspecified atom stereocenters. The van der Waals surface area contributed by atoms with Crippen LogP contribution in [0.2, 0.25) is 0 Å². The van der Waals surface area contributed by atoms with Gasteiger partial charge in [-0.15, -0.1) is 0 Å². The molecule has 0 spiro atoms. The first-order valence-electron chi connectivity index (χ1n) is 4.60. The predicted molar refractivity (Wildman–Crippen MR) is 46.7 cm³/mol. The molecule has 0 aromatic rings. The second-order valence-electron chi connectivity index (χ2n) is 3.46. The smallest absolute Gasteiger partial charge is 0.219 e. The Bertz CT molecular complexity index is 151. The Morgan fingerprint density at radius 3 is 2.50 bits per heavy atom. The Balaban J connectivity index is 2.25. The molecular formula is C9H17NO2. The van der Waals surface area contributed by atoms with E-state index < -0.39 is 0 Å². The van der Waals surface area contributed by atoms with E-state index in [-0.39, 0.29) is 12.5 Å². The molecule has 70 valence electrons. The van der Waals surface area contributed by atoms with Crippen LogP contribution in [-0.4, -0.2) is 35.6 Å². The molecule has 3 nitrogen and oxygen atoms in total. The zero-order chi connectivity index (χ0) is 8.97. The van der Waals surface area contributed by atoms with Gasteiger partial charge in [0.1, 0.15) is 0 Å². The van der Waals surface area contributed by atoms with Gasteiger partial charge in [0.25, 0.3) is 0 Å². The molecular weight excluding hydrogens is 154 g/mol. The lowest BCUT2D eigenvalue weighted by Crippen LogP contribution is -2.37. The Kier molecular flexibility index (Phi) is 3.53. The quantitative estimate of drug-likeness (QED) is 0.662. The van der Waals surface area contributed by atoms with Gasteiger partial charge in [0.15, 0.2) is 0 Å². The van der Waals surface area contributed by atoms with Crippen LogP contribution in [0.3, 0.4) is 0 Å². The minimum atomic E-state index is 0.178. The van der Waals surface area contributed by atoms with E-state index in [1.54, 1.807) is 6.92 Å². The fraction of sp³-hybridized carbons (Fsp3) is 0.889. The van der Waals surface area contributed by atoms with E-state index in [1.165, 1.54) is 0 Å². The molecule has 0 aromatic carbocycles. The molecule has 0 bridgehead atoms. The lowest BCUT2D eigenvalue weighted by atomic mass is 9.94. The molecule has 0 aliphatic carbocycles. The Hall–Kier alpha value is -0.570. The van der Waals surface area contributed by atoms with Crippen molar-refractivity contribution in [2.24, 2.45) is 5.92 Å². The number of rotatable bonds is 2. The molecule has 0 saturated carbocycles. The number of amides is 1. The molecule has 1 aliphatic heterocycles. The second kappa shape index (κ2) is 4.45. The normalized spacial score (nSPS) is 19.7. The van der Waals surface area contributed by atoms with Gasteiger partial charge in [-0.05, 0) is 25.2 Å². The topological polar surface area (TPSA) is 40.5 Å². The first-order valence-corrected chi connectivity index (χ1v) is 4.60. The summed E-state index contributed by atoms with van der Waals surface area (Å²) in [6.07, 6.45) is 3.01. The molecule has 1 rings (SSSR count). The summed E-state index contributed by atoms with van der Waals surface area (Å²) in [6, 6.07) is 0. The number of carbonyl (C=O) groups is 1. The number of carbonyl (C=O) groups excluding carboxylic acids is 1. The zero-order valence-electron chi connectivity index (χ0n) is 7.62. The standard InChI is InChI=1S/C9H17NO2/c1-8(12)10-5-2-9(3-6-10)4-7-11/h9,11H,2-7H2,1H3. The summed E-state index contributed by atoms with van der Waals surface area (Å²) < 4.78 is 0. The number of aliphatic hydroxyl groups excluding tert-OH is 1. The van der Waals surface area contributed by atoms with E-state index in [4.69, 9.17) is 5.11 Å². The molecule has 1 N–H and O–H groups in total. The molecule has 3 heteroatoms. The maximum Gasteiger partial charge on any atom is 0.219 e. The predicted octanol–water partition coefficient (Wildman–Crippen LogP) is 0.627. The molecule has 0 atom stereocenters. The summed E-state index contributed by atoms with van der Waals surface area (Å²) in [5.74, 6) is 0.808. The maximum absolute atomic E-state index is 10.9. The van der Waals surface area contributed by atoms with E-state index >= 15 is 0 Å². The van der Waals surface area contributed by atoms with Gasteiger partial charge in [-0.25, -0.2) is 0 Å². The molecule has 1 fully saturated rings. The van der Waals surface area contributed by atoms with E-state index in [2.05, 4.69) is 0 Å². The lowest BCUT2D eigenvalue weighted by molar-refractivity contribution is -0.130. The number of likely N-dealkylation sites (tertiary alicyclic amines) is 1. The van der Waals surface area contributed by atoms with Gasteiger partial charge < -0.3 is 10.0 Å². The summed E-state index contributed by atoms with van der Waals surface area (Å²) in [5.41, 5.74) is 0. The Morgan fingerprint density at radius 1 is 1.50 bits per heavy atom. The summed E-state index contributed by atoms with van der Waals surface area (Å²) >= 11 is 0. The Labute approximate surface area is 73.4 Å². The van der Waals surface area contributed by atoms with Gasteiger partial charge in [-0.1, -0.05) is 0 Å². The van der Waals surface area contributed by atoms with Gasteiger partial charge in [-0.2, -0.15) is 0 Å². The van der Waals surface area contributed by atoms with Crippen LogP contribution in [0.5, 0.6) is 0 Å². The van der Waals surface area contributed by atoms with E-state index in [1.807, 2.05) is 4.90 Å². The molecule has 0 aromatic heterocycles. The monoisotopic (exact) mass is 171 g/mol. The van der Waals surface area contributed by atoms with Crippen LogP contribution in [0.1, 0.15) is 26.2 Å². The van der Waals surface area contributed by atoms with E-state index in [0.717, 1.165) is 32.4 Å². The summed E-state index contributed by atoms with van der Waals surface area (Å²) in [4.78, 5) is 12.8. The minimum Gasteiger partial charge on any atom is -0.396 e. The van der Waals surface area contributed by atoms with Crippen molar-refractivity contribution >= 4 is 5.91 Å². The van der Waals surface area contributed by atoms with Crippen molar-refractivity contribution in [3.63, 3.8) is 0 Å². The van der Waals surface area contributed by atoms with Crippen molar-refractivity contribution in [1.82, 2.24) is 4.90 Å². The van der Waals surface area contributed by atoms with E-state index in [0.29, 0.717) is 5.92 Å². The van der Waals surface area contributed by atoms with E-state index in [9.17, 15) is 4.79 Å². The number of aliphatic hydroxyl groups is 1. The second-order valence-corrected chi connectivity index (χ2v) is 3.46. The number of hydrogen-bond acceptors (Lipinski definition) is 2. The van der Waals surface area contributed by atoms with Crippen LogP contribution in [0.4, 0.5) is 0 Å². The van der Waals surface area contributed by atoms with Crippen molar-refractivity contribution in [3.8, 4) is 0 Å². The van der Waals surface area contributed by atoms with Crippen molar-refractivity contribution in [2.45, 2.75) is 26.2 Å². The van der Waals surface area contributed by atoms with Crippen molar-refractivity contribution in [1.29, 1.82) is 0 Å². The minimum absolute atomic E-state index is 0.178. The fourth-order valence-corrected chi connectivity index (χ4v) is 1.72. The Morgan fingerprint density at radius 2 is 2.08 bits per heavy atom. The molecule has 1 heterocycles. The fourth-order valence-electron chi connectivity index (χ4n) is 1.72. The van der Waals surface area contributed by atoms with Crippen LogP contribution >= 0.6 is 0 Å². The van der Waals surface area contributed by atoms with Crippen molar-refractivity contribution < 1.29 is 9.90 Å². The third kappa shape index (κ3) is 2.48. The number of piperidine rings is 1. The highest BCUT2D eigenvalue weighted by atomic mass is 16.3. The van der Waals surface area contributed by atoms with Gasteiger partial charge in [-0.3, -0.25) is 4.79 Å². The number of nitrogens with zero attached hydrogens (tertiary/aromatic N) is 1. The average Bonchev–Trinajstić information content (AvgIpc) is 2.06. The lowest BCUT2D eigenvalue weighted by Gasteiger charge is -2.30. The number of hydrogen-bond donors (Lipinski definition) is 1. The summed E-state index contributed by atoms with van der Waals surface area (Å²) in [5, 5.41) is 8.71. The van der Waals surface area contributed by atoms with Gasteiger partial charge in [0.05, 0.1) is 0 Å². The van der Waals surface area contributed by atoms with Gasteiger partial charge in [0, 0.05) is 26.6 Å². The molecule has 12 heavy (non-hydrogen) atoms. The third-order valence-corrected chi connectivity index (χ3v) is 2.60. The van der Waals surface area contributed by atoms with Crippen LogP contribution < -0.4 is 0 Å². The largest absolute Gasteiger partial charge is 0.396 e. The van der Waals surface area contributed by atoms with Crippen LogP contribution in [-0.2, 0) is 4.79 Å². The van der Waals surface area contributed by atoms with Gasteiger partial charge >= 0.3 is 0 Å². The van der Waals surface area contributed by atoms with Crippen molar-refractivity contribution in [2.75, 3.05) is 19.7 Å². The highest BCUT2D eigenvalue weighted by Gasteiger charge is 2.19. The summed E-state index contributed by atoms with van der Waals surface area (Å²) in [7, 11) is 0.